The molecule has 188 valence electrons. The van der Waals surface area contributed by atoms with E-state index in [0.717, 1.165) is 34.1 Å². The number of carboxylic acid groups (broad SMARTS) is 1. The maximum atomic E-state index is 12.2. The predicted octanol–water partition coefficient (Wildman–Crippen LogP) is 8.15. The van der Waals surface area contributed by atoms with Crippen molar-refractivity contribution in [2.75, 3.05) is 10.6 Å². The zero-order valence-electron chi connectivity index (χ0n) is 19.9. The van der Waals surface area contributed by atoms with Crippen LogP contribution in [0.15, 0.2) is 65.1 Å². The van der Waals surface area contributed by atoms with Gasteiger partial charge >= 0.3 is 5.97 Å². The number of aliphatic carboxylic acids is 1. The van der Waals surface area contributed by atoms with Crippen molar-refractivity contribution in [3.05, 3.63) is 86.8 Å². The Hall–Kier alpha value is -2.74. The third-order valence-corrected chi connectivity index (χ3v) is 6.87. The van der Waals surface area contributed by atoms with Crippen molar-refractivity contribution in [2.45, 2.75) is 45.4 Å². The van der Waals surface area contributed by atoms with Gasteiger partial charge in [0.2, 0.25) is 5.91 Å². The summed E-state index contributed by atoms with van der Waals surface area (Å²) in [6.45, 7) is 2.19. The number of carboxylic acids is 1. The van der Waals surface area contributed by atoms with Crippen LogP contribution < -0.4 is 10.6 Å². The monoisotopic (exact) mass is 586 g/mol. The Labute approximate surface area is 230 Å². The van der Waals surface area contributed by atoms with Crippen molar-refractivity contribution in [3.8, 4) is 0 Å². The van der Waals surface area contributed by atoms with Crippen LogP contribution in [0.2, 0.25) is 5.02 Å². The average Bonchev–Trinajstić information content (AvgIpc) is 2.84. The van der Waals surface area contributed by atoms with Gasteiger partial charge in [0.25, 0.3) is 0 Å². The predicted molar refractivity (Wildman–Crippen MR) is 155 cm³/mol. The minimum Gasteiger partial charge on any atom is -0.481 e. The number of thiocarbonyl (C=S) groups is 1. The number of anilines is 3. The second-order valence-corrected chi connectivity index (χ2v) is 10.1. The van der Waals surface area contributed by atoms with Gasteiger partial charge in [-0.25, -0.2) is 0 Å². The van der Waals surface area contributed by atoms with Gasteiger partial charge in [-0.3, -0.25) is 9.59 Å². The van der Waals surface area contributed by atoms with Crippen molar-refractivity contribution >= 4 is 73.6 Å². The number of carbonyl (C=O) groups is 2. The summed E-state index contributed by atoms with van der Waals surface area (Å²) in [4.78, 5) is 23.7. The second kappa shape index (κ2) is 13.5. The Morgan fingerprint density at radius 2 is 1.75 bits per heavy atom. The summed E-state index contributed by atoms with van der Waals surface area (Å²) >= 11 is 15.9. The number of nitrogens with one attached hydrogen (secondary N) is 2. The van der Waals surface area contributed by atoms with E-state index in [0.29, 0.717) is 21.3 Å². The fourth-order valence-electron chi connectivity index (χ4n) is 3.76. The fraction of sp³-hybridized carbons (Fsp3) is 0.250. The van der Waals surface area contributed by atoms with Crippen LogP contribution in [0.25, 0.3) is 0 Å². The lowest BCUT2D eigenvalue weighted by Gasteiger charge is -2.16. The normalized spacial score (nSPS) is 10.6. The molecule has 3 N–H and O–H groups in total. The molecule has 0 atom stereocenters. The van der Waals surface area contributed by atoms with E-state index in [1.54, 1.807) is 12.1 Å². The topological polar surface area (TPSA) is 78.4 Å². The summed E-state index contributed by atoms with van der Waals surface area (Å²) in [5, 5.41) is 15.4. The van der Waals surface area contributed by atoms with E-state index in [-0.39, 0.29) is 18.7 Å². The molecule has 0 unspecified atom stereocenters. The molecular formula is C28H28BrClN2O3S. The van der Waals surface area contributed by atoms with Gasteiger partial charge in [0.15, 0.2) is 0 Å². The van der Waals surface area contributed by atoms with E-state index in [1.807, 2.05) is 42.5 Å². The quantitative estimate of drug-likeness (QED) is 0.113. The Kier molecular flexibility index (Phi) is 10.5. The van der Waals surface area contributed by atoms with Gasteiger partial charge in [0, 0.05) is 22.1 Å². The molecule has 1 amide bonds. The van der Waals surface area contributed by atoms with E-state index < -0.39 is 5.97 Å². The smallest absolute Gasteiger partial charge is 0.303 e. The van der Waals surface area contributed by atoms with Gasteiger partial charge in [0.1, 0.15) is 0 Å². The molecule has 0 aliphatic carbocycles. The van der Waals surface area contributed by atoms with E-state index in [2.05, 4.69) is 39.6 Å². The molecule has 8 heteroatoms. The van der Waals surface area contributed by atoms with Crippen molar-refractivity contribution in [1.82, 2.24) is 0 Å². The molecule has 0 spiro atoms. The molecule has 36 heavy (non-hydrogen) atoms. The van der Waals surface area contributed by atoms with Crippen LogP contribution in [-0.4, -0.2) is 21.8 Å². The van der Waals surface area contributed by atoms with Crippen LogP contribution in [0.4, 0.5) is 17.1 Å². The van der Waals surface area contributed by atoms with E-state index in [9.17, 15) is 9.59 Å². The minimum absolute atomic E-state index is 0.112. The van der Waals surface area contributed by atoms with E-state index >= 15 is 0 Å². The average molecular weight is 588 g/mol. The van der Waals surface area contributed by atoms with Crippen LogP contribution in [0, 0.1) is 0 Å². The maximum Gasteiger partial charge on any atom is 0.303 e. The van der Waals surface area contributed by atoms with Crippen LogP contribution in [0.3, 0.4) is 0 Å². The molecule has 0 heterocycles. The number of amides is 1. The number of benzene rings is 3. The largest absolute Gasteiger partial charge is 0.481 e. The van der Waals surface area contributed by atoms with Crippen LogP contribution in [0.5, 0.6) is 0 Å². The maximum absolute atomic E-state index is 12.2. The van der Waals surface area contributed by atoms with Crippen LogP contribution in [0.1, 0.15) is 55.7 Å². The van der Waals surface area contributed by atoms with Gasteiger partial charge in [-0.15, -0.1) is 0 Å². The lowest BCUT2D eigenvalue weighted by molar-refractivity contribution is -0.138. The first-order valence-electron chi connectivity index (χ1n) is 11.8. The number of halogens is 2. The first-order valence-corrected chi connectivity index (χ1v) is 13.4. The zero-order valence-corrected chi connectivity index (χ0v) is 23.1. The molecule has 0 radical (unpaired) electrons. The van der Waals surface area contributed by atoms with Crippen molar-refractivity contribution < 1.29 is 14.7 Å². The molecule has 0 saturated carbocycles. The summed E-state index contributed by atoms with van der Waals surface area (Å²) in [5.41, 5.74) is 4.95. The summed E-state index contributed by atoms with van der Waals surface area (Å²) in [6.07, 6.45) is 4.10. The SMILES string of the molecule is CCCCCc1ccccc1C(=S)c1ccc(Nc2ccc(Br)cc2NC(=O)CCC(=O)O)cc1Cl. The van der Waals surface area contributed by atoms with E-state index in [1.165, 1.54) is 18.4 Å². The highest BCUT2D eigenvalue weighted by Gasteiger charge is 2.14. The molecular weight excluding hydrogens is 560 g/mol. The molecule has 3 rings (SSSR count). The van der Waals surface area contributed by atoms with Crippen LogP contribution in [-0.2, 0) is 16.0 Å². The number of hydrogen-bond acceptors (Lipinski definition) is 4. The molecule has 0 aromatic heterocycles. The first kappa shape index (κ1) is 27.8. The summed E-state index contributed by atoms with van der Waals surface area (Å²) in [6, 6.07) is 19.2. The summed E-state index contributed by atoms with van der Waals surface area (Å²) in [7, 11) is 0. The third-order valence-electron chi connectivity index (χ3n) is 5.63. The Bertz CT molecular complexity index is 1270. The highest BCUT2D eigenvalue weighted by atomic mass is 79.9. The van der Waals surface area contributed by atoms with Gasteiger partial charge in [0.05, 0.1) is 27.7 Å². The molecule has 0 saturated heterocycles. The molecule has 0 fully saturated rings. The highest BCUT2D eigenvalue weighted by molar-refractivity contribution is 9.10. The number of hydrogen-bond donors (Lipinski definition) is 3. The second-order valence-electron chi connectivity index (χ2n) is 8.39. The Morgan fingerprint density at radius 3 is 2.47 bits per heavy atom. The molecule has 0 aliphatic rings. The van der Waals surface area contributed by atoms with E-state index in [4.69, 9.17) is 28.9 Å². The fourth-order valence-corrected chi connectivity index (χ4v) is 4.83. The molecule has 3 aromatic rings. The van der Waals surface area contributed by atoms with Gasteiger partial charge in [-0.05, 0) is 60.4 Å². The van der Waals surface area contributed by atoms with Crippen LogP contribution >= 0.6 is 39.7 Å². The molecule has 0 aliphatic heterocycles. The van der Waals surface area contributed by atoms with Crippen molar-refractivity contribution in [1.29, 1.82) is 0 Å². The number of carbonyl (C=O) groups excluding carboxylic acids is 1. The lowest BCUT2D eigenvalue weighted by atomic mass is 9.96. The van der Waals surface area contributed by atoms with Crippen molar-refractivity contribution in [2.24, 2.45) is 0 Å². The Balaban J connectivity index is 1.79. The lowest BCUT2D eigenvalue weighted by Crippen LogP contribution is -2.14. The van der Waals surface area contributed by atoms with Gasteiger partial charge in [-0.1, -0.05) is 83.8 Å². The third kappa shape index (κ3) is 7.88. The summed E-state index contributed by atoms with van der Waals surface area (Å²) in [5.74, 6) is -1.40. The first-order chi connectivity index (χ1) is 17.3. The highest BCUT2D eigenvalue weighted by Crippen LogP contribution is 2.32. The Morgan fingerprint density at radius 1 is 0.972 bits per heavy atom. The molecule has 3 aromatic carbocycles. The van der Waals surface area contributed by atoms with Crippen molar-refractivity contribution in [3.63, 3.8) is 0 Å². The number of aryl methyl sites for hydroxylation is 1. The standard InChI is InChI=1S/C28H28BrClN2O3S/c1-2-3-4-7-18-8-5-6-9-21(18)28(36)22-12-11-20(17-23(22)30)31-24-13-10-19(29)16-25(24)32-26(33)14-15-27(34)35/h5-6,8-13,16-17,31H,2-4,7,14-15H2,1H3,(H,32,33)(H,34,35). The minimum atomic E-state index is -1.02. The molecule has 0 bridgehead atoms. The summed E-state index contributed by atoms with van der Waals surface area (Å²) < 4.78 is 0.776. The van der Waals surface area contributed by atoms with Gasteiger partial charge in [-0.2, -0.15) is 0 Å². The number of unbranched alkanes of at least 4 members (excludes halogenated alkanes) is 2. The number of rotatable bonds is 12. The molecule has 5 nitrogen and oxygen atoms in total. The van der Waals surface area contributed by atoms with Gasteiger partial charge < -0.3 is 15.7 Å². The zero-order chi connectivity index (χ0) is 26.1.